The highest BCUT2D eigenvalue weighted by Gasteiger charge is 2.09. The van der Waals surface area contributed by atoms with Crippen LogP contribution in [0.1, 0.15) is 22.5 Å². The van der Waals surface area contributed by atoms with Crippen LogP contribution in [0.15, 0.2) is 48.5 Å². The maximum Gasteiger partial charge on any atom is 0.224 e. The predicted molar refractivity (Wildman–Crippen MR) is 110 cm³/mol. The number of hydrogen-bond acceptors (Lipinski definition) is 4. The van der Waals surface area contributed by atoms with Crippen molar-refractivity contribution in [1.29, 1.82) is 0 Å². The molecule has 28 heavy (non-hydrogen) atoms. The molecule has 3 aromatic rings. The van der Waals surface area contributed by atoms with E-state index in [9.17, 15) is 0 Å². The lowest BCUT2D eigenvalue weighted by atomic mass is 10.2. The van der Waals surface area contributed by atoms with Crippen molar-refractivity contribution >= 4 is 23.2 Å². The molecule has 6 heteroatoms. The van der Waals surface area contributed by atoms with Crippen molar-refractivity contribution in [3.63, 3.8) is 0 Å². The number of ether oxygens (including phenoxy) is 2. The zero-order valence-corrected chi connectivity index (χ0v) is 16.6. The van der Waals surface area contributed by atoms with Gasteiger partial charge < -0.3 is 9.47 Å². The van der Waals surface area contributed by atoms with Gasteiger partial charge in [-0.05, 0) is 59.8 Å². The van der Waals surface area contributed by atoms with E-state index in [1.165, 1.54) is 0 Å². The third-order valence-corrected chi connectivity index (χ3v) is 4.14. The Hall–Kier alpha value is -3.18. The van der Waals surface area contributed by atoms with Gasteiger partial charge in [0.1, 0.15) is 27.9 Å². The number of nitrogens with zero attached hydrogens (tertiary/aromatic N) is 2. The number of rotatable bonds is 2. The minimum absolute atomic E-state index is 0.0225. The minimum atomic E-state index is 0.0225. The van der Waals surface area contributed by atoms with Crippen LogP contribution in [0.2, 0.25) is 10.3 Å². The van der Waals surface area contributed by atoms with E-state index in [4.69, 9.17) is 32.7 Å². The molecule has 0 bridgehead atoms. The molecule has 0 aliphatic carbocycles. The summed E-state index contributed by atoms with van der Waals surface area (Å²) in [6, 6.07) is 14.7. The fourth-order valence-corrected chi connectivity index (χ4v) is 2.60. The number of hydrogen-bond donors (Lipinski definition) is 0. The van der Waals surface area contributed by atoms with Gasteiger partial charge in [-0.25, -0.2) is 9.97 Å². The Balaban J connectivity index is 1.95. The Morgan fingerprint density at radius 2 is 1.18 bits per heavy atom. The van der Waals surface area contributed by atoms with Crippen LogP contribution < -0.4 is 9.47 Å². The zero-order valence-electron chi connectivity index (χ0n) is 15.1. The summed E-state index contributed by atoms with van der Waals surface area (Å²) in [4.78, 5) is 8.21. The first-order valence-electron chi connectivity index (χ1n) is 8.14. The van der Waals surface area contributed by atoms with Gasteiger partial charge in [0.2, 0.25) is 5.28 Å². The van der Waals surface area contributed by atoms with Gasteiger partial charge in [0.15, 0.2) is 0 Å². The van der Waals surface area contributed by atoms with Gasteiger partial charge in [-0.2, -0.15) is 0 Å². The Morgan fingerprint density at radius 3 is 1.61 bits per heavy atom. The summed E-state index contributed by atoms with van der Waals surface area (Å²) in [5.74, 6) is 13.2. The monoisotopic (exact) mass is 408 g/mol. The summed E-state index contributed by atoms with van der Waals surface area (Å²) in [5, 5.41) is 0.268. The van der Waals surface area contributed by atoms with Crippen molar-refractivity contribution in [2.24, 2.45) is 0 Å². The molecule has 0 N–H and O–H groups in total. The van der Waals surface area contributed by atoms with E-state index in [1.807, 2.05) is 48.5 Å². The smallest absolute Gasteiger partial charge is 0.224 e. The topological polar surface area (TPSA) is 44.2 Å². The van der Waals surface area contributed by atoms with Gasteiger partial charge in [-0.3, -0.25) is 0 Å². The summed E-state index contributed by atoms with van der Waals surface area (Å²) in [5.41, 5.74) is 2.13. The molecule has 0 radical (unpaired) electrons. The molecule has 0 amide bonds. The highest BCUT2D eigenvalue weighted by atomic mass is 35.5. The first-order chi connectivity index (χ1) is 13.6. The van der Waals surface area contributed by atoms with Gasteiger partial charge in [-0.1, -0.05) is 35.6 Å². The largest absolute Gasteiger partial charge is 0.497 e. The fourth-order valence-electron chi connectivity index (χ4n) is 2.25. The molecule has 0 saturated heterocycles. The summed E-state index contributed by atoms with van der Waals surface area (Å²) >= 11 is 12.4. The van der Waals surface area contributed by atoms with Crippen LogP contribution >= 0.6 is 23.2 Å². The third-order valence-electron chi connectivity index (χ3n) is 3.61. The molecule has 138 valence electrons. The normalized spacial score (nSPS) is 9.57. The second-order valence-corrected chi connectivity index (χ2v) is 6.18. The van der Waals surface area contributed by atoms with Crippen LogP contribution in [0, 0.1) is 23.7 Å². The van der Waals surface area contributed by atoms with Crippen molar-refractivity contribution in [3.05, 3.63) is 81.4 Å². The Morgan fingerprint density at radius 1 is 0.714 bits per heavy atom. The van der Waals surface area contributed by atoms with Crippen molar-refractivity contribution in [2.75, 3.05) is 14.2 Å². The Bertz CT molecular complexity index is 1050. The molecular formula is C22H14Cl2N2O2. The molecule has 1 heterocycles. The van der Waals surface area contributed by atoms with Gasteiger partial charge in [0, 0.05) is 11.1 Å². The van der Waals surface area contributed by atoms with Gasteiger partial charge in [0.25, 0.3) is 0 Å². The van der Waals surface area contributed by atoms with E-state index < -0.39 is 0 Å². The van der Waals surface area contributed by atoms with E-state index in [0.29, 0.717) is 22.9 Å². The van der Waals surface area contributed by atoms with Gasteiger partial charge >= 0.3 is 0 Å². The Kier molecular flexibility index (Phi) is 6.40. The van der Waals surface area contributed by atoms with E-state index in [0.717, 1.165) is 11.1 Å². The van der Waals surface area contributed by atoms with Crippen LogP contribution in [0.5, 0.6) is 11.5 Å². The molecule has 1 aromatic heterocycles. The quantitative estimate of drug-likeness (QED) is 0.459. The number of aromatic nitrogens is 2. The average Bonchev–Trinajstić information content (AvgIpc) is 2.73. The molecule has 0 aliphatic heterocycles. The van der Waals surface area contributed by atoms with Crippen LogP contribution in [0.4, 0.5) is 0 Å². The number of benzene rings is 2. The lowest BCUT2D eigenvalue weighted by Crippen LogP contribution is -1.95. The molecule has 0 unspecified atom stereocenters. The van der Waals surface area contributed by atoms with E-state index >= 15 is 0 Å². The first kappa shape index (κ1) is 19.6. The highest BCUT2D eigenvalue weighted by molar-refractivity contribution is 6.33. The SMILES string of the molecule is COc1cccc(C#Cc2nc(Cl)nc(C#Cc3cccc(OC)c3)c2Cl)c1. The molecule has 4 nitrogen and oxygen atoms in total. The maximum absolute atomic E-state index is 6.39. The second kappa shape index (κ2) is 9.15. The molecule has 0 aliphatic rings. The average molecular weight is 409 g/mol. The molecule has 0 spiro atoms. The summed E-state index contributed by atoms with van der Waals surface area (Å²) in [6.07, 6.45) is 0. The lowest BCUT2D eigenvalue weighted by molar-refractivity contribution is 0.414. The van der Waals surface area contributed by atoms with Crippen molar-refractivity contribution in [3.8, 4) is 35.2 Å². The molecule has 3 rings (SSSR count). The highest BCUT2D eigenvalue weighted by Crippen LogP contribution is 2.20. The summed E-state index contributed by atoms with van der Waals surface area (Å²) in [7, 11) is 3.20. The van der Waals surface area contributed by atoms with Crippen molar-refractivity contribution in [2.45, 2.75) is 0 Å². The molecule has 0 atom stereocenters. The minimum Gasteiger partial charge on any atom is -0.497 e. The Labute approximate surface area is 173 Å². The van der Waals surface area contributed by atoms with Crippen LogP contribution in [-0.4, -0.2) is 24.2 Å². The van der Waals surface area contributed by atoms with E-state index in [1.54, 1.807) is 14.2 Å². The molecule has 2 aromatic carbocycles. The second-order valence-electron chi connectivity index (χ2n) is 5.47. The van der Waals surface area contributed by atoms with Crippen LogP contribution in [0.3, 0.4) is 0 Å². The maximum atomic E-state index is 6.39. The summed E-state index contributed by atoms with van der Waals surface area (Å²) < 4.78 is 10.4. The third kappa shape index (κ3) is 4.96. The lowest BCUT2D eigenvalue weighted by Gasteiger charge is -2.01. The zero-order chi connectivity index (χ0) is 19.9. The predicted octanol–water partition coefficient (Wildman–Crippen LogP) is 4.60. The number of halogens is 2. The van der Waals surface area contributed by atoms with Crippen LogP contribution in [0.25, 0.3) is 0 Å². The summed E-state index contributed by atoms with van der Waals surface area (Å²) in [6.45, 7) is 0. The number of methoxy groups -OCH3 is 2. The fraction of sp³-hybridized carbons (Fsp3) is 0.0909. The van der Waals surface area contributed by atoms with Gasteiger partial charge in [0.05, 0.1) is 14.2 Å². The standard InChI is InChI=1S/C22H14Cl2N2O2/c1-27-17-7-3-5-15(13-17)9-11-19-21(23)20(26-22(24)25-19)12-10-16-6-4-8-18(14-16)28-2/h3-8,13-14H,1-2H3. The van der Waals surface area contributed by atoms with E-state index in [2.05, 4.69) is 33.6 Å². The van der Waals surface area contributed by atoms with Crippen LogP contribution in [-0.2, 0) is 0 Å². The van der Waals surface area contributed by atoms with Crippen molar-refractivity contribution < 1.29 is 9.47 Å². The van der Waals surface area contributed by atoms with E-state index in [-0.39, 0.29) is 10.3 Å². The molecular weight excluding hydrogens is 395 g/mol. The molecule has 0 fully saturated rings. The van der Waals surface area contributed by atoms with Crippen molar-refractivity contribution in [1.82, 2.24) is 9.97 Å². The first-order valence-corrected chi connectivity index (χ1v) is 8.90. The molecule has 0 saturated carbocycles. The van der Waals surface area contributed by atoms with Gasteiger partial charge in [-0.15, -0.1) is 0 Å².